The van der Waals surface area contributed by atoms with Gasteiger partial charge in [-0.2, -0.15) is 0 Å². The summed E-state index contributed by atoms with van der Waals surface area (Å²) in [5.41, 5.74) is 0.957. The summed E-state index contributed by atoms with van der Waals surface area (Å²) in [5, 5.41) is 6.06. The second kappa shape index (κ2) is 8.86. The van der Waals surface area contributed by atoms with E-state index >= 15 is 0 Å². The van der Waals surface area contributed by atoms with Gasteiger partial charge in [0.2, 0.25) is 11.8 Å². The van der Waals surface area contributed by atoms with E-state index < -0.39 is 6.04 Å². The van der Waals surface area contributed by atoms with Crippen LogP contribution in [0, 0.1) is 11.8 Å². The van der Waals surface area contributed by atoms with Gasteiger partial charge in [0, 0.05) is 6.04 Å². The Morgan fingerprint density at radius 3 is 2.50 bits per heavy atom. The van der Waals surface area contributed by atoms with Gasteiger partial charge in [-0.3, -0.25) is 9.59 Å². The third kappa shape index (κ3) is 5.66. The van der Waals surface area contributed by atoms with Crippen LogP contribution in [0.1, 0.15) is 52.0 Å². The number of carbonyl (C=O) groups excluding carboxylic acids is 2. The van der Waals surface area contributed by atoms with Gasteiger partial charge < -0.3 is 10.6 Å². The highest BCUT2D eigenvalue weighted by atomic mass is 16.2. The minimum absolute atomic E-state index is 0.0505. The molecular formula is C20H30N2O2. The van der Waals surface area contributed by atoms with Crippen LogP contribution < -0.4 is 10.6 Å². The van der Waals surface area contributed by atoms with Crippen LogP contribution in [0.25, 0.3) is 0 Å². The zero-order chi connectivity index (χ0) is 17.5. The van der Waals surface area contributed by atoms with E-state index in [9.17, 15) is 9.59 Å². The van der Waals surface area contributed by atoms with E-state index in [4.69, 9.17) is 0 Å². The first-order valence-corrected chi connectivity index (χ1v) is 9.09. The topological polar surface area (TPSA) is 58.2 Å². The number of rotatable bonds is 6. The molecule has 1 aromatic rings. The van der Waals surface area contributed by atoms with Crippen LogP contribution in [0.3, 0.4) is 0 Å². The summed E-state index contributed by atoms with van der Waals surface area (Å²) < 4.78 is 0. The van der Waals surface area contributed by atoms with Crippen molar-refractivity contribution in [1.82, 2.24) is 10.6 Å². The monoisotopic (exact) mass is 330 g/mol. The van der Waals surface area contributed by atoms with E-state index in [-0.39, 0.29) is 23.8 Å². The van der Waals surface area contributed by atoms with Crippen LogP contribution >= 0.6 is 0 Å². The first-order chi connectivity index (χ1) is 11.5. The van der Waals surface area contributed by atoms with E-state index in [0.29, 0.717) is 12.3 Å². The third-order valence-corrected chi connectivity index (χ3v) is 4.76. The van der Waals surface area contributed by atoms with E-state index in [1.165, 1.54) is 12.8 Å². The van der Waals surface area contributed by atoms with E-state index in [2.05, 4.69) is 17.6 Å². The molecule has 0 spiro atoms. The van der Waals surface area contributed by atoms with Crippen molar-refractivity contribution in [3.8, 4) is 0 Å². The molecule has 24 heavy (non-hydrogen) atoms. The molecule has 1 aromatic carbocycles. The highest BCUT2D eigenvalue weighted by Crippen LogP contribution is 2.23. The largest absolute Gasteiger partial charge is 0.352 e. The maximum absolute atomic E-state index is 12.6. The van der Waals surface area contributed by atoms with Crippen molar-refractivity contribution in [3.05, 3.63) is 35.9 Å². The normalized spacial score (nSPS) is 22.0. The van der Waals surface area contributed by atoms with Gasteiger partial charge in [0.25, 0.3) is 0 Å². The quantitative estimate of drug-likeness (QED) is 0.842. The Kier molecular flexibility index (Phi) is 6.83. The van der Waals surface area contributed by atoms with Crippen LogP contribution in [0.5, 0.6) is 0 Å². The Morgan fingerprint density at radius 2 is 1.88 bits per heavy atom. The number of amides is 2. The highest BCUT2D eigenvalue weighted by Gasteiger charge is 2.27. The van der Waals surface area contributed by atoms with E-state index in [0.717, 1.165) is 18.4 Å². The van der Waals surface area contributed by atoms with Crippen LogP contribution in [-0.4, -0.2) is 23.9 Å². The molecule has 132 valence electrons. The molecule has 2 N–H and O–H groups in total. The Balaban J connectivity index is 1.90. The van der Waals surface area contributed by atoms with Gasteiger partial charge in [-0.05, 0) is 30.2 Å². The van der Waals surface area contributed by atoms with Gasteiger partial charge in [0.15, 0.2) is 0 Å². The zero-order valence-electron chi connectivity index (χ0n) is 15.0. The summed E-state index contributed by atoms with van der Waals surface area (Å²) in [6.45, 7) is 6.17. The molecule has 1 saturated carbocycles. The van der Waals surface area contributed by atoms with Crippen molar-refractivity contribution >= 4 is 11.8 Å². The Morgan fingerprint density at radius 1 is 1.17 bits per heavy atom. The van der Waals surface area contributed by atoms with Gasteiger partial charge in [-0.1, -0.05) is 63.9 Å². The van der Waals surface area contributed by atoms with Crippen molar-refractivity contribution in [3.63, 3.8) is 0 Å². The molecule has 0 bridgehead atoms. The summed E-state index contributed by atoms with van der Waals surface area (Å²) in [5.74, 6) is 0.567. The molecule has 4 nitrogen and oxygen atoms in total. The smallest absolute Gasteiger partial charge is 0.243 e. The van der Waals surface area contributed by atoms with Gasteiger partial charge in [0.05, 0.1) is 6.42 Å². The Bertz CT molecular complexity index is 542. The number of nitrogens with one attached hydrogen (secondary N) is 2. The van der Waals surface area contributed by atoms with Crippen LogP contribution in [-0.2, 0) is 16.0 Å². The summed E-state index contributed by atoms with van der Waals surface area (Å²) in [6, 6.07) is 9.38. The summed E-state index contributed by atoms with van der Waals surface area (Å²) in [7, 11) is 0. The lowest BCUT2D eigenvalue weighted by Gasteiger charge is -2.30. The highest BCUT2D eigenvalue weighted by molar-refractivity contribution is 5.88. The summed E-state index contributed by atoms with van der Waals surface area (Å²) in [6.07, 6.45) is 4.79. The molecule has 2 rings (SSSR count). The fourth-order valence-electron chi connectivity index (χ4n) is 3.40. The first kappa shape index (κ1) is 18.5. The molecule has 2 amide bonds. The number of hydrogen-bond donors (Lipinski definition) is 2. The second-order valence-corrected chi connectivity index (χ2v) is 7.43. The van der Waals surface area contributed by atoms with Crippen LogP contribution in [0.4, 0.5) is 0 Å². The molecule has 1 aliphatic rings. The van der Waals surface area contributed by atoms with Crippen molar-refractivity contribution < 1.29 is 9.59 Å². The van der Waals surface area contributed by atoms with Gasteiger partial charge in [-0.25, -0.2) is 0 Å². The third-order valence-electron chi connectivity index (χ3n) is 4.76. The molecule has 0 saturated heterocycles. The van der Waals surface area contributed by atoms with Crippen LogP contribution in [0.15, 0.2) is 30.3 Å². The summed E-state index contributed by atoms with van der Waals surface area (Å²) in [4.78, 5) is 24.9. The molecule has 4 heteroatoms. The standard InChI is InChI=1S/C20H30N2O2/c1-14(2)19(20(24)21-17-11-7-8-15(3)12-17)22-18(23)13-16-9-5-4-6-10-16/h4-6,9-10,14-15,17,19H,7-8,11-13H2,1-3H3,(H,21,24)(H,22,23). The fourth-order valence-corrected chi connectivity index (χ4v) is 3.40. The molecule has 0 aliphatic heterocycles. The van der Waals surface area contributed by atoms with E-state index in [1.807, 2.05) is 44.2 Å². The summed E-state index contributed by atoms with van der Waals surface area (Å²) >= 11 is 0. The number of benzene rings is 1. The lowest BCUT2D eigenvalue weighted by molar-refractivity contribution is -0.130. The average molecular weight is 330 g/mol. The van der Waals surface area contributed by atoms with Gasteiger partial charge in [-0.15, -0.1) is 0 Å². The molecule has 1 fully saturated rings. The Hall–Kier alpha value is -1.84. The maximum Gasteiger partial charge on any atom is 0.243 e. The van der Waals surface area contributed by atoms with E-state index in [1.54, 1.807) is 0 Å². The predicted molar refractivity (Wildman–Crippen MR) is 96.5 cm³/mol. The number of hydrogen-bond acceptors (Lipinski definition) is 2. The van der Waals surface area contributed by atoms with Gasteiger partial charge >= 0.3 is 0 Å². The zero-order valence-corrected chi connectivity index (χ0v) is 15.0. The van der Waals surface area contributed by atoms with Crippen molar-refractivity contribution in [2.75, 3.05) is 0 Å². The Labute approximate surface area is 145 Å². The number of carbonyl (C=O) groups is 2. The van der Waals surface area contributed by atoms with Crippen molar-refractivity contribution in [2.45, 2.75) is 65.0 Å². The minimum Gasteiger partial charge on any atom is -0.352 e. The predicted octanol–water partition coefficient (Wildman–Crippen LogP) is 3.06. The first-order valence-electron chi connectivity index (χ1n) is 9.09. The molecule has 0 aromatic heterocycles. The lowest BCUT2D eigenvalue weighted by atomic mass is 9.87. The lowest BCUT2D eigenvalue weighted by Crippen LogP contribution is -2.53. The maximum atomic E-state index is 12.6. The fraction of sp³-hybridized carbons (Fsp3) is 0.600. The average Bonchev–Trinajstić information content (AvgIpc) is 2.53. The van der Waals surface area contributed by atoms with Crippen molar-refractivity contribution in [1.29, 1.82) is 0 Å². The second-order valence-electron chi connectivity index (χ2n) is 7.43. The van der Waals surface area contributed by atoms with Crippen molar-refractivity contribution in [2.24, 2.45) is 11.8 Å². The molecule has 1 aliphatic carbocycles. The molecule has 3 unspecified atom stereocenters. The van der Waals surface area contributed by atoms with Gasteiger partial charge in [0.1, 0.15) is 6.04 Å². The molecule has 0 radical (unpaired) electrons. The molecular weight excluding hydrogens is 300 g/mol. The van der Waals surface area contributed by atoms with Crippen LogP contribution in [0.2, 0.25) is 0 Å². The minimum atomic E-state index is -0.474. The molecule has 0 heterocycles. The SMILES string of the molecule is CC1CCCC(NC(=O)C(NC(=O)Cc2ccccc2)C(C)C)C1. The molecule has 3 atom stereocenters.